The molecule has 0 bridgehead atoms. The first kappa shape index (κ1) is 13.5. The van der Waals surface area contributed by atoms with Gasteiger partial charge in [0.05, 0.1) is 6.54 Å². The highest BCUT2D eigenvalue weighted by molar-refractivity contribution is 5.84. The molecule has 0 saturated carbocycles. The van der Waals surface area contributed by atoms with Gasteiger partial charge in [0.1, 0.15) is 6.54 Å². The van der Waals surface area contributed by atoms with Crippen LogP contribution in [0.1, 0.15) is 12.8 Å². The highest BCUT2D eigenvalue weighted by atomic mass is 16.2. The van der Waals surface area contributed by atoms with Gasteiger partial charge in [-0.05, 0) is 32.0 Å². The van der Waals surface area contributed by atoms with E-state index in [-0.39, 0.29) is 25.0 Å². The largest absolute Gasteiger partial charge is 0.368 e. The lowest BCUT2D eigenvalue weighted by molar-refractivity contribution is -0.138. The van der Waals surface area contributed by atoms with Gasteiger partial charge in [0.25, 0.3) is 0 Å². The van der Waals surface area contributed by atoms with Crippen molar-refractivity contribution in [3.63, 3.8) is 0 Å². The van der Waals surface area contributed by atoms with Crippen LogP contribution < -0.4 is 11.1 Å². The van der Waals surface area contributed by atoms with E-state index in [0.717, 1.165) is 25.9 Å². The Kier molecular flexibility index (Phi) is 4.51. The molecule has 0 radical (unpaired) electrons. The van der Waals surface area contributed by atoms with E-state index >= 15 is 0 Å². The van der Waals surface area contributed by atoms with Crippen molar-refractivity contribution in [3.8, 4) is 0 Å². The number of rotatable bonds is 5. The third-order valence-corrected chi connectivity index (χ3v) is 3.25. The predicted octanol–water partition coefficient (Wildman–Crippen LogP) is -1.05. The van der Waals surface area contributed by atoms with Gasteiger partial charge in [-0.1, -0.05) is 0 Å². The van der Waals surface area contributed by atoms with Crippen LogP contribution in [-0.4, -0.2) is 52.2 Å². The van der Waals surface area contributed by atoms with Gasteiger partial charge in [0, 0.05) is 18.4 Å². The number of primary amides is 1. The standard InChI is InChI=1S/C12H19N5O2/c13-11(18)8-17(10-2-5-14-6-3-10)12(19)9-16-7-1-4-15-16/h1,4,7,10,14H,2-3,5-6,8-9H2,(H2,13,18). The SMILES string of the molecule is NC(=O)CN(C(=O)Cn1cccn1)C1CCNCC1. The predicted molar refractivity (Wildman–Crippen MR) is 69.0 cm³/mol. The Labute approximate surface area is 111 Å². The number of hydrogen-bond donors (Lipinski definition) is 2. The summed E-state index contributed by atoms with van der Waals surface area (Å²) < 4.78 is 1.55. The summed E-state index contributed by atoms with van der Waals surface area (Å²) >= 11 is 0. The van der Waals surface area contributed by atoms with Gasteiger partial charge in [0.15, 0.2) is 0 Å². The second kappa shape index (κ2) is 6.33. The lowest BCUT2D eigenvalue weighted by atomic mass is 10.0. The van der Waals surface area contributed by atoms with Gasteiger partial charge in [-0.25, -0.2) is 0 Å². The van der Waals surface area contributed by atoms with Crippen LogP contribution in [0.25, 0.3) is 0 Å². The van der Waals surface area contributed by atoms with Gasteiger partial charge in [0.2, 0.25) is 11.8 Å². The molecule has 0 spiro atoms. The lowest BCUT2D eigenvalue weighted by Crippen LogP contribution is -2.50. The van der Waals surface area contributed by atoms with Crippen molar-refractivity contribution in [2.24, 2.45) is 5.73 Å². The molecule has 0 atom stereocenters. The first-order valence-corrected chi connectivity index (χ1v) is 6.42. The number of piperidine rings is 1. The quantitative estimate of drug-likeness (QED) is 0.710. The van der Waals surface area contributed by atoms with Gasteiger partial charge in [-0.15, -0.1) is 0 Å². The van der Waals surface area contributed by atoms with Crippen molar-refractivity contribution < 1.29 is 9.59 Å². The van der Waals surface area contributed by atoms with Crippen molar-refractivity contribution in [2.45, 2.75) is 25.4 Å². The molecule has 0 aromatic carbocycles. The summed E-state index contributed by atoms with van der Waals surface area (Å²) in [6.07, 6.45) is 5.04. The minimum atomic E-state index is -0.479. The fourth-order valence-corrected chi connectivity index (χ4v) is 2.33. The summed E-state index contributed by atoms with van der Waals surface area (Å²) in [5.74, 6) is -0.596. The Balaban J connectivity index is 2.02. The van der Waals surface area contributed by atoms with Crippen molar-refractivity contribution >= 4 is 11.8 Å². The van der Waals surface area contributed by atoms with Crippen molar-refractivity contribution in [2.75, 3.05) is 19.6 Å². The minimum Gasteiger partial charge on any atom is -0.368 e. The topological polar surface area (TPSA) is 93.3 Å². The second-order valence-electron chi connectivity index (χ2n) is 4.67. The van der Waals surface area contributed by atoms with E-state index < -0.39 is 5.91 Å². The number of hydrogen-bond acceptors (Lipinski definition) is 4. The highest BCUT2D eigenvalue weighted by Crippen LogP contribution is 2.12. The normalized spacial score (nSPS) is 16.2. The number of carbonyl (C=O) groups is 2. The van der Waals surface area contributed by atoms with Gasteiger partial charge in [-0.2, -0.15) is 5.10 Å². The molecule has 7 nitrogen and oxygen atoms in total. The molecule has 2 rings (SSSR count). The molecule has 1 saturated heterocycles. The molecule has 3 N–H and O–H groups in total. The summed E-state index contributed by atoms with van der Waals surface area (Å²) in [4.78, 5) is 25.0. The third-order valence-electron chi connectivity index (χ3n) is 3.25. The molecule has 1 aliphatic rings. The van der Waals surface area contributed by atoms with Crippen LogP contribution >= 0.6 is 0 Å². The molecule has 0 aliphatic carbocycles. The number of nitrogens with one attached hydrogen (secondary N) is 1. The monoisotopic (exact) mass is 265 g/mol. The van der Waals surface area contributed by atoms with Gasteiger partial charge in [-0.3, -0.25) is 14.3 Å². The van der Waals surface area contributed by atoms with E-state index in [1.807, 2.05) is 0 Å². The zero-order valence-corrected chi connectivity index (χ0v) is 10.8. The Morgan fingerprint density at radius 1 is 1.42 bits per heavy atom. The molecule has 1 aromatic rings. The van der Waals surface area contributed by atoms with Crippen LogP contribution in [-0.2, 0) is 16.1 Å². The first-order chi connectivity index (χ1) is 9.16. The maximum atomic E-state index is 12.3. The summed E-state index contributed by atoms with van der Waals surface area (Å²) in [5, 5.41) is 7.24. The smallest absolute Gasteiger partial charge is 0.245 e. The van der Waals surface area contributed by atoms with Crippen molar-refractivity contribution in [1.29, 1.82) is 0 Å². The van der Waals surface area contributed by atoms with Gasteiger partial charge >= 0.3 is 0 Å². The van der Waals surface area contributed by atoms with E-state index in [2.05, 4.69) is 10.4 Å². The molecule has 2 heterocycles. The number of carbonyl (C=O) groups excluding carboxylic acids is 2. The minimum absolute atomic E-state index is 0.0230. The summed E-state index contributed by atoms with van der Waals surface area (Å²) in [6.45, 7) is 1.83. The lowest BCUT2D eigenvalue weighted by Gasteiger charge is -2.33. The second-order valence-corrected chi connectivity index (χ2v) is 4.67. The molecular weight excluding hydrogens is 246 g/mol. The first-order valence-electron chi connectivity index (χ1n) is 6.42. The Morgan fingerprint density at radius 2 is 2.16 bits per heavy atom. The number of amides is 2. The number of aromatic nitrogens is 2. The number of nitrogens with two attached hydrogens (primary N) is 1. The molecule has 2 amide bonds. The van der Waals surface area contributed by atoms with E-state index in [9.17, 15) is 9.59 Å². The molecule has 7 heteroatoms. The van der Waals surface area contributed by atoms with Crippen molar-refractivity contribution in [1.82, 2.24) is 20.0 Å². The zero-order valence-electron chi connectivity index (χ0n) is 10.8. The maximum absolute atomic E-state index is 12.3. The van der Waals surface area contributed by atoms with Crippen LogP contribution in [0, 0.1) is 0 Å². The van der Waals surface area contributed by atoms with Crippen LogP contribution in [0.5, 0.6) is 0 Å². The van der Waals surface area contributed by atoms with Crippen LogP contribution in [0.3, 0.4) is 0 Å². The Hall–Kier alpha value is -1.89. The third kappa shape index (κ3) is 3.78. The molecule has 104 valence electrons. The maximum Gasteiger partial charge on any atom is 0.245 e. The average Bonchev–Trinajstić information content (AvgIpc) is 2.89. The summed E-state index contributed by atoms with van der Waals surface area (Å²) in [5.41, 5.74) is 5.24. The summed E-state index contributed by atoms with van der Waals surface area (Å²) in [6, 6.07) is 1.84. The van der Waals surface area contributed by atoms with Crippen LogP contribution in [0.4, 0.5) is 0 Å². The van der Waals surface area contributed by atoms with Crippen LogP contribution in [0.15, 0.2) is 18.5 Å². The fraction of sp³-hybridized carbons (Fsp3) is 0.583. The van der Waals surface area contributed by atoms with E-state index in [1.54, 1.807) is 28.0 Å². The molecule has 19 heavy (non-hydrogen) atoms. The van der Waals surface area contributed by atoms with Gasteiger partial charge < -0.3 is 16.0 Å². The molecule has 0 unspecified atom stereocenters. The van der Waals surface area contributed by atoms with E-state index in [0.29, 0.717) is 0 Å². The van der Waals surface area contributed by atoms with E-state index in [4.69, 9.17) is 5.73 Å². The zero-order chi connectivity index (χ0) is 13.7. The molecule has 1 fully saturated rings. The number of nitrogens with zero attached hydrogens (tertiary/aromatic N) is 3. The Morgan fingerprint density at radius 3 is 2.74 bits per heavy atom. The van der Waals surface area contributed by atoms with Crippen molar-refractivity contribution in [3.05, 3.63) is 18.5 Å². The highest BCUT2D eigenvalue weighted by Gasteiger charge is 2.26. The Bertz CT molecular complexity index is 425. The van der Waals surface area contributed by atoms with Crippen LogP contribution in [0.2, 0.25) is 0 Å². The molecule has 1 aromatic heterocycles. The molecular formula is C12H19N5O2. The summed E-state index contributed by atoms with van der Waals surface area (Å²) in [7, 11) is 0. The average molecular weight is 265 g/mol. The fourth-order valence-electron chi connectivity index (χ4n) is 2.33. The molecule has 1 aliphatic heterocycles. The van der Waals surface area contributed by atoms with E-state index in [1.165, 1.54) is 0 Å².